The number of aliphatic hydroxyl groups excluding tert-OH is 1. The minimum atomic E-state index is -4.95. The van der Waals surface area contributed by atoms with Crippen LogP contribution in [0.5, 0.6) is 0 Å². The van der Waals surface area contributed by atoms with Crippen LogP contribution in [-0.4, -0.2) is 96.7 Å². The minimum absolute atomic E-state index is 0.102. The second-order valence-electron chi connectivity index (χ2n) is 26.9. The smallest absolute Gasteiger partial charge is 0.462 e. The topological polar surface area (TPSA) is 237 Å². The molecule has 0 amide bonds. The van der Waals surface area contributed by atoms with Gasteiger partial charge in [-0.05, 0) is 49.4 Å². The predicted molar refractivity (Wildman–Crippen MR) is 358 cm³/mol. The molecule has 0 heterocycles. The molecular formula is C70H136O17P2. The number of phosphoric ester groups is 2. The van der Waals surface area contributed by atoms with Crippen molar-refractivity contribution in [3.8, 4) is 0 Å². The highest BCUT2D eigenvalue weighted by Crippen LogP contribution is 2.45. The van der Waals surface area contributed by atoms with Gasteiger partial charge in [0.2, 0.25) is 0 Å². The summed E-state index contributed by atoms with van der Waals surface area (Å²) >= 11 is 0. The van der Waals surface area contributed by atoms with E-state index in [0.717, 1.165) is 114 Å². The van der Waals surface area contributed by atoms with Crippen molar-refractivity contribution in [1.82, 2.24) is 0 Å². The Labute approximate surface area is 543 Å². The summed E-state index contributed by atoms with van der Waals surface area (Å²) in [5.74, 6) is 0.833. The minimum Gasteiger partial charge on any atom is -0.462 e. The van der Waals surface area contributed by atoms with Gasteiger partial charge in [-0.25, -0.2) is 9.13 Å². The van der Waals surface area contributed by atoms with E-state index in [4.69, 9.17) is 37.0 Å². The molecule has 6 atom stereocenters. The number of aliphatic hydroxyl groups is 1. The maximum atomic E-state index is 13.0. The second kappa shape index (κ2) is 59.8. The van der Waals surface area contributed by atoms with Gasteiger partial charge in [-0.3, -0.25) is 37.3 Å². The third kappa shape index (κ3) is 63.2. The van der Waals surface area contributed by atoms with Crippen LogP contribution in [0.3, 0.4) is 0 Å². The molecular weight excluding hydrogens is 1170 g/mol. The van der Waals surface area contributed by atoms with Gasteiger partial charge < -0.3 is 33.8 Å². The summed E-state index contributed by atoms with van der Waals surface area (Å²) in [7, 11) is -9.90. The number of carbonyl (C=O) groups is 4. The fraction of sp³-hybridized carbons (Fsp3) is 0.943. The SMILES string of the molecule is CCC(C)CCCCCCCCC(=O)OC[C@H](COP(=O)(O)OC[C@H](O)COP(=O)(O)OC[C@@H](COC(=O)CCCCCCCCCCCC(C)C)OC(=O)CCCCCCCCCC(C)C)OC(=O)CCCCCCCCCCCCCCCCC(C)C. The molecule has 19 heteroatoms. The second-order valence-corrected chi connectivity index (χ2v) is 29.8. The van der Waals surface area contributed by atoms with E-state index in [1.165, 1.54) is 141 Å². The molecule has 0 spiro atoms. The molecule has 0 aromatic rings. The molecule has 89 heavy (non-hydrogen) atoms. The molecule has 17 nitrogen and oxygen atoms in total. The highest BCUT2D eigenvalue weighted by Gasteiger charge is 2.30. The highest BCUT2D eigenvalue weighted by molar-refractivity contribution is 7.47. The van der Waals surface area contributed by atoms with Crippen molar-refractivity contribution in [2.75, 3.05) is 39.6 Å². The van der Waals surface area contributed by atoms with Crippen molar-refractivity contribution in [1.29, 1.82) is 0 Å². The molecule has 0 aromatic carbocycles. The third-order valence-corrected chi connectivity index (χ3v) is 18.3. The van der Waals surface area contributed by atoms with E-state index in [0.29, 0.717) is 31.6 Å². The molecule has 0 bridgehead atoms. The van der Waals surface area contributed by atoms with E-state index in [-0.39, 0.29) is 25.7 Å². The molecule has 0 saturated heterocycles. The fourth-order valence-electron chi connectivity index (χ4n) is 10.5. The highest BCUT2D eigenvalue weighted by atomic mass is 31.2. The molecule has 0 rings (SSSR count). The van der Waals surface area contributed by atoms with Gasteiger partial charge in [0.25, 0.3) is 0 Å². The summed E-state index contributed by atoms with van der Waals surface area (Å²) in [5.41, 5.74) is 0. The zero-order chi connectivity index (χ0) is 66.1. The lowest BCUT2D eigenvalue weighted by Gasteiger charge is -2.21. The van der Waals surface area contributed by atoms with E-state index in [9.17, 15) is 43.2 Å². The van der Waals surface area contributed by atoms with E-state index in [1.54, 1.807) is 0 Å². The summed E-state index contributed by atoms with van der Waals surface area (Å²) in [6.07, 6.45) is 41.8. The first-order valence-corrected chi connectivity index (χ1v) is 39.2. The number of hydrogen-bond acceptors (Lipinski definition) is 15. The predicted octanol–water partition coefficient (Wildman–Crippen LogP) is 19.7. The first-order chi connectivity index (χ1) is 42.6. The van der Waals surface area contributed by atoms with Crippen molar-refractivity contribution >= 4 is 39.5 Å². The average Bonchev–Trinajstić information content (AvgIpc) is 3.50. The number of phosphoric acid groups is 2. The summed E-state index contributed by atoms with van der Waals surface area (Å²) in [5, 5.41) is 10.6. The Morgan fingerprint density at radius 2 is 0.539 bits per heavy atom. The largest absolute Gasteiger partial charge is 0.472 e. The summed E-state index contributed by atoms with van der Waals surface area (Å²) in [4.78, 5) is 72.5. The molecule has 0 aromatic heterocycles. The van der Waals surface area contributed by atoms with Gasteiger partial charge in [0.15, 0.2) is 12.2 Å². The van der Waals surface area contributed by atoms with Crippen LogP contribution < -0.4 is 0 Å². The molecule has 0 aliphatic rings. The lowest BCUT2D eigenvalue weighted by atomic mass is 10.00. The third-order valence-electron chi connectivity index (χ3n) is 16.4. The number of esters is 4. The fourth-order valence-corrected chi connectivity index (χ4v) is 12.0. The van der Waals surface area contributed by atoms with E-state index >= 15 is 0 Å². The zero-order valence-corrected chi connectivity index (χ0v) is 59.8. The van der Waals surface area contributed by atoms with Crippen LogP contribution in [0.1, 0.15) is 344 Å². The van der Waals surface area contributed by atoms with Crippen molar-refractivity contribution in [3.63, 3.8) is 0 Å². The lowest BCUT2D eigenvalue weighted by molar-refractivity contribution is -0.161. The standard InChI is InChI=1S/C70H136O17P2/c1-9-63(8)49-41-33-28-29-35-43-51-68(73)81-57-66(86-69(74)52-44-36-26-19-15-13-11-10-12-14-17-22-30-38-46-60(2)3)59-85-89(78,79)83-55-64(71)54-82-88(76,77)84-58-65(87-70(75)53-45-37-27-21-24-32-40-48-62(6)7)56-80-67(72)50-42-34-25-20-16-18-23-31-39-47-61(4)5/h60-66,71H,9-59H2,1-8H3,(H,76,77)(H,78,79)/t63?,64-,65-,66-/m1/s1. The average molecular weight is 1310 g/mol. The summed E-state index contributed by atoms with van der Waals surface area (Å²) in [6.45, 7) is 14.0. The Hall–Kier alpha value is -1.94. The molecule has 0 fully saturated rings. The van der Waals surface area contributed by atoms with Crippen LogP contribution in [0.25, 0.3) is 0 Å². The Balaban J connectivity index is 5.23. The van der Waals surface area contributed by atoms with Crippen LogP contribution >= 0.6 is 15.6 Å². The summed E-state index contributed by atoms with van der Waals surface area (Å²) < 4.78 is 68.2. The van der Waals surface area contributed by atoms with Crippen LogP contribution in [0, 0.1) is 23.7 Å². The van der Waals surface area contributed by atoms with E-state index in [2.05, 4.69) is 55.4 Å². The van der Waals surface area contributed by atoms with Crippen LogP contribution in [-0.2, 0) is 65.4 Å². The van der Waals surface area contributed by atoms with Gasteiger partial charge in [0.1, 0.15) is 19.3 Å². The van der Waals surface area contributed by atoms with Crippen molar-refractivity contribution < 1.29 is 80.2 Å². The number of rotatable bonds is 67. The number of unbranched alkanes of at least 4 members (excludes halogenated alkanes) is 32. The van der Waals surface area contributed by atoms with Crippen LogP contribution in [0.4, 0.5) is 0 Å². The van der Waals surface area contributed by atoms with Gasteiger partial charge in [0.05, 0.1) is 26.4 Å². The maximum absolute atomic E-state index is 13.0. The van der Waals surface area contributed by atoms with E-state index < -0.39 is 97.5 Å². The lowest BCUT2D eigenvalue weighted by Crippen LogP contribution is -2.30. The Morgan fingerprint density at radius 3 is 0.798 bits per heavy atom. The molecule has 0 aliphatic heterocycles. The first kappa shape index (κ1) is 87.1. The van der Waals surface area contributed by atoms with Gasteiger partial charge in [0, 0.05) is 25.7 Å². The molecule has 0 radical (unpaired) electrons. The normalized spacial score (nSPS) is 14.6. The maximum Gasteiger partial charge on any atom is 0.472 e. The van der Waals surface area contributed by atoms with Crippen LogP contribution in [0.2, 0.25) is 0 Å². The Kier molecular flexibility index (Phi) is 58.5. The van der Waals surface area contributed by atoms with Gasteiger partial charge >= 0.3 is 39.5 Å². The monoisotopic (exact) mass is 1310 g/mol. The van der Waals surface area contributed by atoms with Crippen molar-refractivity contribution in [2.24, 2.45) is 23.7 Å². The molecule has 528 valence electrons. The number of hydrogen-bond donors (Lipinski definition) is 3. The van der Waals surface area contributed by atoms with Crippen LogP contribution in [0.15, 0.2) is 0 Å². The van der Waals surface area contributed by atoms with E-state index in [1.807, 2.05) is 0 Å². The number of ether oxygens (including phenoxy) is 4. The molecule has 3 N–H and O–H groups in total. The van der Waals surface area contributed by atoms with Gasteiger partial charge in [-0.1, -0.05) is 293 Å². The quantitative estimate of drug-likeness (QED) is 0.0222. The molecule has 0 saturated carbocycles. The zero-order valence-electron chi connectivity index (χ0n) is 58.1. The Morgan fingerprint density at radius 1 is 0.315 bits per heavy atom. The molecule has 3 unspecified atom stereocenters. The van der Waals surface area contributed by atoms with Crippen molar-refractivity contribution in [3.05, 3.63) is 0 Å². The molecule has 0 aliphatic carbocycles. The van der Waals surface area contributed by atoms with Gasteiger partial charge in [-0.2, -0.15) is 0 Å². The van der Waals surface area contributed by atoms with Crippen molar-refractivity contribution in [2.45, 2.75) is 363 Å². The van der Waals surface area contributed by atoms with Gasteiger partial charge in [-0.15, -0.1) is 0 Å². The summed E-state index contributed by atoms with van der Waals surface area (Å²) in [6, 6.07) is 0. The first-order valence-electron chi connectivity index (χ1n) is 36.2. The Bertz CT molecular complexity index is 1770. The number of carbonyl (C=O) groups excluding carboxylic acids is 4.